The minimum absolute atomic E-state index is 0.0467. The maximum atomic E-state index is 9.51. The fourth-order valence-electron chi connectivity index (χ4n) is 3.22. The molecule has 0 amide bonds. The fourth-order valence-corrected chi connectivity index (χ4v) is 3.64. The summed E-state index contributed by atoms with van der Waals surface area (Å²) in [5.41, 5.74) is 0.476. The molecule has 2 nitrogen and oxygen atoms in total. The lowest BCUT2D eigenvalue weighted by atomic mass is 9.75. The third kappa shape index (κ3) is 3.14. The van der Waals surface area contributed by atoms with E-state index in [4.69, 9.17) is 0 Å². The summed E-state index contributed by atoms with van der Waals surface area (Å²) in [7, 11) is 0. The van der Waals surface area contributed by atoms with Gasteiger partial charge in [-0.3, -0.25) is 0 Å². The Bertz CT molecular complexity index is 208. The second-order valence-corrected chi connectivity index (χ2v) is 6.04. The van der Waals surface area contributed by atoms with Gasteiger partial charge in [-0.05, 0) is 36.9 Å². The van der Waals surface area contributed by atoms with Gasteiger partial charge in [0.1, 0.15) is 0 Å². The first kappa shape index (κ1) is 12.7. The minimum atomic E-state index is -0.0467. The van der Waals surface area contributed by atoms with E-state index in [2.05, 4.69) is 17.5 Å². The van der Waals surface area contributed by atoms with Gasteiger partial charge in [-0.1, -0.05) is 19.3 Å². The van der Waals surface area contributed by atoms with Gasteiger partial charge >= 0.3 is 0 Å². The molecule has 0 aromatic carbocycles. The molecule has 3 heteroatoms. The van der Waals surface area contributed by atoms with E-state index in [9.17, 15) is 5.11 Å². The van der Waals surface area contributed by atoms with E-state index in [1.165, 1.54) is 38.6 Å². The van der Waals surface area contributed by atoms with Crippen LogP contribution in [0.25, 0.3) is 0 Å². The van der Waals surface area contributed by atoms with E-state index in [-0.39, 0.29) is 6.10 Å². The molecule has 1 saturated carbocycles. The predicted molar refractivity (Wildman–Crippen MR) is 71.1 cm³/mol. The SMILES string of the molecule is OC1CCN(CC2(CS)CCCCC2)CC1. The largest absolute Gasteiger partial charge is 0.393 e. The molecule has 0 atom stereocenters. The van der Waals surface area contributed by atoms with Crippen LogP contribution in [-0.2, 0) is 0 Å². The molecule has 0 aromatic heterocycles. The normalized spacial score (nSPS) is 28.1. The monoisotopic (exact) mass is 243 g/mol. The van der Waals surface area contributed by atoms with Gasteiger partial charge in [-0.2, -0.15) is 12.6 Å². The summed E-state index contributed by atoms with van der Waals surface area (Å²) in [6.45, 7) is 3.37. The van der Waals surface area contributed by atoms with E-state index < -0.39 is 0 Å². The summed E-state index contributed by atoms with van der Waals surface area (Å²) < 4.78 is 0. The summed E-state index contributed by atoms with van der Waals surface area (Å²) in [4.78, 5) is 2.55. The lowest BCUT2D eigenvalue weighted by molar-refractivity contribution is 0.0510. The Balaban J connectivity index is 1.86. The highest BCUT2D eigenvalue weighted by Crippen LogP contribution is 2.38. The van der Waals surface area contributed by atoms with E-state index in [0.29, 0.717) is 5.41 Å². The lowest BCUT2D eigenvalue weighted by Gasteiger charge is -2.42. The maximum Gasteiger partial charge on any atom is 0.0564 e. The Labute approximate surface area is 105 Å². The zero-order chi connectivity index (χ0) is 11.4. The molecule has 0 unspecified atom stereocenters. The van der Waals surface area contributed by atoms with Crippen LogP contribution in [-0.4, -0.2) is 41.5 Å². The van der Waals surface area contributed by atoms with Gasteiger partial charge in [0.15, 0.2) is 0 Å². The average molecular weight is 243 g/mol. The molecule has 16 heavy (non-hydrogen) atoms. The zero-order valence-electron chi connectivity index (χ0n) is 10.2. The average Bonchev–Trinajstić information content (AvgIpc) is 2.33. The highest BCUT2D eigenvalue weighted by atomic mass is 32.1. The third-order valence-corrected chi connectivity index (χ3v) is 5.04. The van der Waals surface area contributed by atoms with E-state index >= 15 is 0 Å². The quantitative estimate of drug-likeness (QED) is 0.743. The molecule has 0 spiro atoms. The van der Waals surface area contributed by atoms with Gasteiger partial charge in [0, 0.05) is 19.6 Å². The molecule has 0 bridgehead atoms. The summed E-state index contributed by atoms with van der Waals surface area (Å²) in [6.07, 6.45) is 8.77. The number of rotatable bonds is 3. The van der Waals surface area contributed by atoms with Crippen molar-refractivity contribution in [3.05, 3.63) is 0 Å². The van der Waals surface area contributed by atoms with Crippen LogP contribution >= 0.6 is 12.6 Å². The van der Waals surface area contributed by atoms with Crippen molar-refractivity contribution in [1.29, 1.82) is 0 Å². The number of hydrogen-bond acceptors (Lipinski definition) is 3. The number of aliphatic hydroxyl groups excluding tert-OH is 1. The van der Waals surface area contributed by atoms with Gasteiger partial charge in [-0.15, -0.1) is 0 Å². The standard InChI is InChI=1S/C13H25NOS/c15-12-4-8-14(9-5-12)10-13(11-16)6-2-1-3-7-13/h12,15-16H,1-11H2. The van der Waals surface area contributed by atoms with Crippen LogP contribution < -0.4 is 0 Å². The van der Waals surface area contributed by atoms with Crippen molar-refractivity contribution in [3.63, 3.8) is 0 Å². The van der Waals surface area contributed by atoms with Crippen molar-refractivity contribution in [2.24, 2.45) is 5.41 Å². The number of piperidine rings is 1. The molecule has 1 aliphatic carbocycles. The van der Waals surface area contributed by atoms with Crippen LogP contribution in [0.15, 0.2) is 0 Å². The molecule has 0 radical (unpaired) electrons. The van der Waals surface area contributed by atoms with Gasteiger partial charge in [0.05, 0.1) is 6.10 Å². The number of nitrogens with zero attached hydrogens (tertiary/aromatic N) is 1. The van der Waals surface area contributed by atoms with Crippen LogP contribution in [0.1, 0.15) is 44.9 Å². The van der Waals surface area contributed by atoms with Crippen molar-refractivity contribution in [2.75, 3.05) is 25.4 Å². The Kier molecular flexibility index (Phi) is 4.57. The summed E-state index contributed by atoms with van der Waals surface area (Å²) >= 11 is 4.59. The topological polar surface area (TPSA) is 23.5 Å². The van der Waals surface area contributed by atoms with Crippen molar-refractivity contribution < 1.29 is 5.11 Å². The van der Waals surface area contributed by atoms with E-state index in [1.54, 1.807) is 0 Å². The number of thiol groups is 1. The van der Waals surface area contributed by atoms with Crippen LogP contribution in [0.4, 0.5) is 0 Å². The summed E-state index contributed by atoms with van der Waals surface area (Å²) in [5.74, 6) is 1.03. The van der Waals surface area contributed by atoms with Crippen LogP contribution in [0.2, 0.25) is 0 Å². The minimum Gasteiger partial charge on any atom is -0.393 e. The van der Waals surface area contributed by atoms with E-state index in [1.807, 2.05) is 0 Å². The van der Waals surface area contributed by atoms with Crippen LogP contribution in [0, 0.1) is 5.41 Å². The van der Waals surface area contributed by atoms with Gasteiger partial charge in [0.2, 0.25) is 0 Å². The highest BCUT2D eigenvalue weighted by molar-refractivity contribution is 7.80. The first-order valence-corrected chi connectivity index (χ1v) is 7.39. The van der Waals surface area contributed by atoms with Gasteiger partial charge in [0.25, 0.3) is 0 Å². The van der Waals surface area contributed by atoms with Crippen molar-refractivity contribution >= 4 is 12.6 Å². The molecule has 1 N–H and O–H groups in total. The maximum absolute atomic E-state index is 9.51. The fraction of sp³-hybridized carbons (Fsp3) is 1.00. The Hall–Kier alpha value is 0.270. The second kappa shape index (κ2) is 5.74. The van der Waals surface area contributed by atoms with Gasteiger partial charge < -0.3 is 10.0 Å². The van der Waals surface area contributed by atoms with E-state index in [0.717, 1.165) is 31.7 Å². The molecule has 0 aromatic rings. The molecule has 2 aliphatic rings. The number of aliphatic hydroxyl groups is 1. The highest BCUT2D eigenvalue weighted by Gasteiger charge is 2.33. The zero-order valence-corrected chi connectivity index (χ0v) is 11.1. The molecular formula is C13H25NOS. The van der Waals surface area contributed by atoms with Crippen molar-refractivity contribution in [2.45, 2.75) is 51.0 Å². The smallest absolute Gasteiger partial charge is 0.0564 e. The molecular weight excluding hydrogens is 218 g/mol. The molecule has 2 rings (SSSR count). The molecule has 1 heterocycles. The molecule has 1 aliphatic heterocycles. The molecule has 1 saturated heterocycles. The first-order valence-electron chi connectivity index (χ1n) is 6.75. The van der Waals surface area contributed by atoms with Crippen LogP contribution in [0.5, 0.6) is 0 Å². The van der Waals surface area contributed by atoms with Crippen LogP contribution in [0.3, 0.4) is 0 Å². The Morgan fingerprint density at radius 2 is 1.75 bits per heavy atom. The predicted octanol–water partition coefficient (Wildman–Crippen LogP) is 2.32. The van der Waals surface area contributed by atoms with Crippen molar-refractivity contribution in [1.82, 2.24) is 4.90 Å². The second-order valence-electron chi connectivity index (χ2n) is 5.73. The number of likely N-dealkylation sites (tertiary alicyclic amines) is 1. The van der Waals surface area contributed by atoms with Gasteiger partial charge in [-0.25, -0.2) is 0 Å². The Morgan fingerprint density at radius 1 is 1.12 bits per heavy atom. The lowest BCUT2D eigenvalue weighted by Crippen LogP contribution is -2.44. The summed E-state index contributed by atoms with van der Waals surface area (Å²) in [5, 5.41) is 9.51. The summed E-state index contributed by atoms with van der Waals surface area (Å²) in [6, 6.07) is 0. The molecule has 2 fully saturated rings. The Morgan fingerprint density at radius 3 is 2.31 bits per heavy atom. The number of hydrogen-bond donors (Lipinski definition) is 2. The third-order valence-electron chi connectivity index (χ3n) is 4.37. The first-order chi connectivity index (χ1) is 7.74. The van der Waals surface area contributed by atoms with Crippen molar-refractivity contribution in [3.8, 4) is 0 Å². The molecule has 94 valence electrons.